The number of alkyl halides is 1. The highest BCUT2D eigenvalue weighted by Crippen LogP contribution is 2.47. The minimum Gasteiger partial charge on any atom is -0.494 e. The number of nitrogens with zero attached hydrogens (tertiary/aromatic N) is 4. The highest BCUT2D eigenvalue weighted by Gasteiger charge is 2.56. The first-order chi connectivity index (χ1) is 28.4. The van der Waals surface area contributed by atoms with Gasteiger partial charge in [0, 0.05) is 20.3 Å². The predicted molar refractivity (Wildman–Crippen MR) is 222 cm³/mol. The highest BCUT2D eigenvalue weighted by molar-refractivity contribution is 7.47. The molecule has 1 aliphatic heterocycles. The van der Waals surface area contributed by atoms with Gasteiger partial charge in [-0.25, -0.2) is 18.3 Å². The van der Waals surface area contributed by atoms with Gasteiger partial charge in [-0.05, 0) is 43.9 Å². The lowest BCUT2D eigenvalue weighted by Crippen LogP contribution is -2.40. The van der Waals surface area contributed by atoms with Crippen LogP contribution in [0.25, 0.3) is 11.2 Å². The topological polar surface area (TPSA) is 195 Å². The Morgan fingerprint density at radius 1 is 1.00 bits per heavy atom. The smallest absolute Gasteiger partial charge is 0.472 e. The zero-order valence-electron chi connectivity index (χ0n) is 35.3. The number of hydrogen-bond donors (Lipinski definition) is 4. The van der Waals surface area contributed by atoms with E-state index in [4.69, 9.17) is 33.7 Å². The number of ether oxygens (including phenoxy) is 4. The van der Waals surface area contributed by atoms with Crippen LogP contribution in [0.2, 0.25) is 0 Å². The Kier molecular flexibility index (Phi) is 20.6. The molecule has 0 aliphatic carbocycles. The predicted octanol–water partition coefficient (Wildman–Crippen LogP) is 8.58. The number of rotatable bonds is 31. The van der Waals surface area contributed by atoms with Crippen molar-refractivity contribution in [3.8, 4) is 5.75 Å². The third-order valence-corrected chi connectivity index (χ3v) is 11.6. The van der Waals surface area contributed by atoms with E-state index in [-0.39, 0.29) is 30.6 Å². The lowest BCUT2D eigenvalue weighted by molar-refractivity contribution is -0.0585. The van der Waals surface area contributed by atoms with E-state index >= 15 is 4.39 Å². The first kappa shape index (κ1) is 48.6. The third kappa shape index (κ3) is 15.4. The normalized spacial score (nSPS) is 20.9. The molecule has 2 aromatic heterocycles. The van der Waals surface area contributed by atoms with Crippen molar-refractivity contribution in [2.45, 2.75) is 153 Å². The summed E-state index contributed by atoms with van der Waals surface area (Å²) in [5.41, 5.74) is 4.47. The molecular weight excluding hydrogens is 789 g/mol. The number of nitrogen functional groups attached to an aromatic ring is 1. The van der Waals surface area contributed by atoms with Gasteiger partial charge in [0.2, 0.25) is 5.95 Å². The van der Waals surface area contributed by atoms with E-state index in [2.05, 4.69) is 27.2 Å². The molecule has 0 radical (unpaired) electrons. The summed E-state index contributed by atoms with van der Waals surface area (Å²) in [6.45, 7) is 4.13. The summed E-state index contributed by atoms with van der Waals surface area (Å²) < 4.78 is 78.0. The SMILES string of the molecule is CCCCCCCCCOCCCCCCCCCC[C@H](COP(=O)(O)OC[C@H]1O[C@@H](n2cnc3c(NC)nc(N)nc32)[C@](C)(F)C1O)OCc1ccc(OC)c(F)c1. The van der Waals surface area contributed by atoms with Gasteiger partial charge in [0.15, 0.2) is 40.4 Å². The average Bonchev–Trinajstić information content (AvgIpc) is 3.73. The monoisotopic (exact) mass is 856 g/mol. The Morgan fingerprint density at radius 3 is 2.27 bits per heavy atom. The number of unbranched alkanes of at least 4 members (excludes halogenated alkanes) is 13. The first-order valence-corrected chi connectivity index (χ1v) is 22.7. The van der Waals surface area contributed by atoms with E-state index in [1.807, 2.05) is 0 Å². The number of nitrogens with two attached hydrogens (primary N) is 1. The number of phosphoric ester groups is 1. The van der Waals surface area contributed by atoms with Crippen molar-refractivity contribution < 1.29 is 51.3 Å². The minimum atomic E-state index is -4.74. The second-order valence-corrected chi connectivity index (χ2v) is 16.9. The first-order valence-electron chi connectivity index (χ1n) is 21.2. The molecule has 1 aliphatic rings. The van der Waals surface area contributed by atoms with Crippen LogP contribution in [0, 0.1) is 5.82 Å². The highest BCUT2D eigenvalue weighted by atomic mass is 31.2. The van der Waals surface area contributed by atoms with Gasteiger partial charge in [-0.15, -0.1) is 0 Å². The molecule has 59 heavy (non-hydrogen) atoms. The van der Waals surface area contributed by atoms with Crippen molar-refractivity contribution in [2.24, 2.45) is 0 Å². The quantitative estimate of drug-likeness (QED) is 0.0355. The Labute approximate surface area is 347 Å². The van der Waals surface area contributed by atoms with E-state index in [9.17, 15) is 19.0 Å². The fourth-order valence-electron chi connectivity index (χ4n) is 7.14. The van der Waals surface area contributed by atoms with Crippen LogP contribution in [0.4, 0.5) is 20.5 Å². The molecule has 4 rings (SSSR count). The fraction of sp³-hybridized carbons (Fsp3) is 0.732. The summed E-state index contributed by atoms with van der Waals surface area (Å²) in [5.74, 6) is -0.195. The summed E-state index contributed by atoms with van der Waals surface area (Å²) in [5, 5.41) is 13.7. The van der Waals surface area contributed by atoms with Crippen molar-refractivity contribution in [3.63, 3.8) is 0 Å². The molecule has 6 atom stereocenters. The number of fused-ring (bicyclic) bond motifs is 1. The number of benzene rings is 1. The minimum absolute atomic E-state index is 0.0299. The number of phosphoric acid groups is 1. The number of aliphatic hydroxyl groups excluding tert-OH is 1. The number of methoxy groups -OCH3 is 1. The Morgan fingerprint density at radius 2 is 1.64 bits per heavy atom. The second-order valence-electron chi connectivity index (χ2n) is 15.4. The molecule has 0 saturated carbocycles. The van der Waals surface area contributed by atoms with Crippen molar-refractivity contribution in [1.29, 1.82) is 0 Å². The number of halogens is 2. The van der Waals surface area contributed by atoms with Crippen LogP contribution in [0.1, 0.15) is 128 Å². The second kappa shape index (κ2) is 25.0. The van der Waals surface area contributed by atoms with Crippen LogP contribution >= 0.6 is 7.82 Å². The maximum absolute atomic E-state index is 16.0. The zero-order valence-corrected chi connectivity index (χ0v) is 36.2. The molecule has 1 fully saturated rings. The lowest BCUT2D eigenvalue weighted by Gasteiger charge is -2.24. The molecule has 2 unspecified atom stereocenters. The van der Waals surface area contributed by atoms with Crippen LogP contribution < -0.4 is 15.8 Å². The number of aromatic nitrogens is 4. The van der Waals surface area contributed by atoms with Crippen LogP contribution in [0.15, 0.2) is 24.5 Å². The van der Waals surface area contributed by atoms with Crippen molar-refractivity contribution in [3.05, 3.63) is 35.9 Å². The van der Waals surface area contributed by atoms with Crippen LogP contribution in [-0.2, 0) is 34.4 Å². The summed E-state index contributed by atoms with van der Waals surface area (Å²) >= 11 is 0. The van der Waals surface area contributed by atoms with E-state index < -0.39 is 50.5 Å². The van der Waals surface area contributed by atoms with E-state index in [1.54, 1.807) is 13.1 Å². The molecule has 1 saturated heterocycles. The molecule has 1 aromatic carbocycles. The Balaban J connectivity index is 1.20. The van der Waals surface area contributed by atoms with Crippen molar-refractivity contribution >= 4 is 30.8 Å². The number of anilines is 2. The molecule has 18 heteroatoms. The summed E-state index contributed by atoms with van der Waals surface area (Å²) in [6, 6.07) is 4.49. The maximum atomic E-state index is 16.0. The van der Waals surface area contributed by atoms with Gasteiger partial charge >= 0.3 is 7.82 Å². The van der Waals surface area contributed by atoms with Crippen LogP contribution in [0.3, 0.4) is 0 Å². The van der Waals surface area contributed by atoms with Crippen LogP contribution in [0.5, 0.6) is 5.75 Å². The summed E-state index contributed by atoms with van der Waals surface area (Å²) in [7, 11) is -1.74. The molecule has 334 valence electrons. The Hall–Kier alpha value is -3.02. The Bertz CT molecular complexity index is 1720. The summed E-state index contributed by atoms with van der Waals surface area (Å²) in [6.07, 6.45) is 14.1. The molecule has 15 nitrogen and oxygen atoms in total. The van der Waals surface area contributed by atoms with E-state index in [0.717, 1.165) is 71.5 Å². The van der Waals surface area contributed by atoms with Gasteiger partial charge < -0.3 is 40.0 Å². The molecule has 3 aromatic rings. The number of imidazole rings is 1. The maximum Gasteiger partial charge on any atom is 0.472 e. The number of hydrogen-bond acceptors (Lipinski definition) is 13. The van der Waals surface area contributed by atoms with Gasteiger partial charge in [-0.2, -0.15) is 9.97 Å². The summed E-state index contributed by atoms with van der Waals surface area (Å²) in [4.78, 5) is 23.1. The molecule has 0 bridgehead atoms. The lowest BCUT2D eigenvalue weighted by atomic mass is 9.98. The number of nitrogens with one attached hydrogen (secondary N) is 1. The van der Waals surface area contributed by atoms with Gasteiger partial charge in [0.25, 0.3) is 0 Å². The van der Waals surface area contributed by atoms with Gasteiger partial charge in [-0.3, -0.25) is 13.6 Å². The van der Waals surface area contributed by atoms with E-state index in [1.165, 1.54) is 75.1 Å². The van der Waals surface area contributed by atoms with Gasteiger partial charge in [0.05, 0.1) is 39.4 Å². The molecular formula is C41H67F2N6O9P. The molecule has 3 heterocycles. The average molecular weight is 857 g/mol. The zero-order chi connectivity index (χ0) is 42.7. The van der Waals surface area contributed by atoms with E-state index in [0.29, 0.717) is 23.3 Å². The third-order valence-electron chi connectivity index (χ3n) is 10.6. The van der Waals surface area contributed by atoms with Gasteiger partial charge in [0.1, 0.15) is 12.2 Å². The molecule has 0 amide bonds. The van der Waals surface area contributed by atoms with Crippen molar-refractivity contribution in [2.75, 3.05) is 51.6 Å². The molecule has 5 N–H and O–H groups in total. The molecule has 0 spiro atoms. The fourth-order valence-corrected chi connectivity index (χ4v) is 7.91. The standard InChI is InChI=1S/C41H67F2N6O9P/c1-5-6-7-8-12-15-18-23-54-24-19-16-13-10-9-11-14-17-20-31(55-26-30-21-22-33(53-4)32(42)25-30)27-56-59(51,52)57-28-34-36(50)41(2,43)39(58-34)49-29-46-35-37(45-3)47-40(44)48-38(35)49/h21-22,25,29,31,34,36,39,50H,5-20,23-24,26-28H2,1-4H3,(H,51,52)(H3,44,45,47,48)/t31-,34-,36?,39-,41-/m1/s1. The largest absolute Gasteiger partial charge is 0.494 e. The van der Waals surface area contributed by atoms with Gasteiger partial charge in [-0.1, -0.05) is 96.5 Å². The van der Waals surface area contributed by atoms with Crippen LogP contribution in [-0.4, -0.2) is 94.1 Å². The van der Waals surface area contributed by atoms with Crippen molar-refractivity contribution in [1.82, 2.24) is 19.5 Å². The number of aliphatic hydroxyl groups is 1.